The van der Waals surface area contributed by atoms with Gasteiger partial charge < -0.3 is 5.32 Å². The van der Waals surface area contributed by atoms with E-state index in [-0.39, 0.29) is 5.75 Å². The number of hydrogen-bond acceptors (Lipinski definition) is 3. The molecule has 1 aliphatic rings. The van der Waals surface area contributed by atoms with Gasteiger partial charge in [-0.2, -0.15) is 0 Å². The first-order valence-corrected chi connectivity index (χ1v) is 9.96. The van der Waals surface area contributed by atoms with E-state index in [2.05, 4.69) is 12.2 Å². The molecule has 0 spiro atoms. The molecule has 1 aromatic carbocycles. The fourth-order valence-electron chi connectivity index (χ4n) is 3.15. The fraction of sp³-hybridized carbons (Fsp3) is 0.647. The Morgan fingerprint density at radius 3 is 2.33 bits per heavy atom. The number of nitrogens with one attached hydrogen (secondary N) is 1. The van der Waals surface area contributed by atoms with Crippen LogP contribution in [0.1, 0.15) is 43.7 Å². The molecular weight excluding hydrogens is 282 g/mol. The highest BCUT2D eigenvalue weighted by Crippen LogP contribution is 2.28. The summed E-state index contributed by atoms with van der Waals surface area (Å²) in [4.78, 5) is 0. The lowest BCUT2D eigenvalue weighted by Crippen LogP contribution is -2.29. The highest BCUT2D eigenvalue weighted by Gasteiger charge is 2.20. The molecule has 1 N–H and O–H groups in total. The van der Waals surface area contributed by atoms with Gasteiger partial charge in [0.1, 0.15) is 0 Å². The molecule has 1 aromatic rings. The maximum absolute atomic E-state index is 11.3. The highest BCUT2D eigenvalue weighted by atomic mass is 32.2. The lowest BCUT2D eigenvalue weighted by atomic mass is 9.80. The van der Waals surface area contributed by atoms with E-state index in [0.29, 0.717) is 0 Å². The molecule has 0 heterocycles. The van der Waals surface area contributed by atoms with Gasteiger partial charge in [0.05, 0.1) is 5.75 Å². The average Bonchev–Trinajstić information content (AvgIpc) is 2.41. The first-order valence-electron chi connectivity index (χ1n) is 7.90. The van der Waals surface area contributed by atoms with Crippen LogP contribution in [-0.2, 0) is 22.1 Å². The van der Waals surface area contributed by atoms with Gasteiger partial charge in [0.25, 0.3) is 0 Å². The summed E-state index contributed by atoms with van der Waals surface area (Å²) in [6, 6.07) is 7.89. The molecule has 2 rings (SSSR count). The molecule has 0 saturated heterocycles. The molecule has 0 radical (unpaired) electrons. The normalized spacial score (nSPS) is 23.1. The van der Waals surface area contributed by atoms with Gasteiger partial charge in [-0.1, -0.05) is 50.5 Å². The molecule has 118 valence electrons. The lowest BCUT2D eigenvalue weighted by molar-refractivity contribution is 0.247. The minimum Gasteiger partial charge on any atom is -0.312 e. The van der Waals surface area contributed by atoms with Gasteiger partial charge in [-0.25, -0.2) is 8.42 Å². The molecule has 21 heavy (non-hydrogen) atoms. The smallest absolute Gasteiger partial charge is 0.151 e. The Hall–Kier alpha value is -0.870. The Kier molecular flexibility index (Phi) is 5.82. The summed E-state index contributed by atoms with van der Waals surface area (Å²) in [5, 5.41) is 3.55. The van der Waals surface area contributed by atoms with Crippen molar-refractivity contribution in [3.05, 3.63) is 35.4 Å². The summed E-state index contributed by atoms with van der Waals surface area (Å²) in [5.41, 5.74) is 2.08. The van der Waals surface area contributed by atoms with E-state index in [4.69, 9.17) is 0 Å². The zero-order valence-corrected chi connectivity index (χ0v) is 14.0. The monoisotopic (exact) mass is 309 g/mol. The molecule has 0 aliphatic heterocycles. The average molecular weight is 309 g/mol. The topological polar surface area (TPSA) is 46.2 Å². The number of benzene rings is 1. The van der Waals surface area contributed by atoms with Crippen LogP contribution in [0.3, 0.4) is 0 Å². The van der Waals surface area contributed by atoms with Crippen molar-refractivity contribution in [2.45, 2.75) is 44.9 Å². The second-order valence-corrected chi connectivity index (χ2v) is 8.68. The summed E-state index contributed by atoms with van der Waals surface area (Å²) in [5.74, 6) is 1.77. The lowest BCUT2D eigenvalue weighted by Gasteiger charge is -2.28. The predicted molar refractivity (Wildman–Crippen MR) is 87.8 cm³/mol. The van der Waals surface area contributed by atoms with Crippen LogP contribution in [0.5, 0.6) is 0 Å². The standard InChI is InChI=1S/C17H27NO2S/c1-14-5-3-4-6-17(14)12-18-11-15-7-9-16(10-8-15)13-21(2,19)20/h7-10,14,17-18H,3-6,11-13H2,1-2H3/t14-,17+/m1/s1. The molecule has 0 unspecified atom stereocenters. The van der Waals surface area contributed by atoms with Gasteiger partial charge in [0, 0.05) is 12.8 Å². The van der Waals surface area contributed by atoms with Gasteiger partial charge in [0.2, 0.25) is 0 Å². The summed E-state index contributed by atoms with van der Waals surface area (Å²) >= 11 is 0. The third-order valence-electron chi connectivity index (χ3n) is 4.48. The van der Waals surface area contributed by atoms with E-state index in [1.165, 1.54) is 37.5 Å². The molecular formula is C17H27NO2S. The molecule has 2 atom stereocenters. The van der Waals surface area contributed by atoms with Crippen molar-refractivity contribution in [1.29, 1.82) is 0 Å². The van der Waals surface area contributed by atoms with Crippen LogP contribution in [0.2, 0.25) is 0 Å². The van der Waals surface area contributed by atoms with Crippen molar-refractivity contribution in [2.75, 3.05) is 12.8 Å². The van der Waals surface area contributed by atoms with Crippen molar-refractivity contribution in [2.24, 2.45) is 11.8 Å². The summed E-state index contributed by atoms with van der Waals surface area (Å²) in [6.45, 7) is 4.32. The van der Waals surface area contributed by atoms with E-state index >= 15 is 0 Å². The fourth-order valence-corrected chi connectivity index (χ4v) is 3.95. The van der Waals surface area contributed by atoms with Crippen LogP contribution in [-0.4, -0.2) is 21.2 Å². The van der Waals surface area contributed by atoms with Crippen molar-refractivity contribution in [1.82, 2.24) is 5.32 Å². The molecule has 1 aliphatic carbocycles. The molecule has 0 amide bonds. The first-order chi connectivity index (χ1) is 9.94. The van der Waals surface area contributed by atoms with Crippen LogP contribution in [0.4, 0.5) is 0 Å². The Morgan fingerprint density at radius 2 is 1.71 bits per heavy atom. The predicted octanol–water partition coefficient (Wildman–Crippen LogP) is 3.15. The summed E-state index contributed by atoms with van der Waals surface area (Å²) in [6.07, 6.45) is 6.75. The quantitative estimate of drug-likeness (QED) is 0.878. The van der Waals surface area contributed by atoms with Crippen molar-refractivity contribution in [3.63, 3.8) is 0 Å². The molecule has 0 aromatic heterocycles. The molecule has 4 heteroatoms. The maximum Gasteiger partial charge on any atom is 0.151 e. The zero-order chi connectivity index (χ0) is 15.3. The number of hydrogen-bond donors (Lipinski definition) is 1. The van der Waals surface area contributed by atoms with E-state index in [9.17, 15) is 8.42 Å². The summed E-state index contributed by atoms with van der Waals surface area (Å²) in [7, 11) is -2.94. The van der Waals surface area contributed by atoms with Crippen molar-refractivity contribution in [3.8, 4) is 0 Å². The van der Waals surface area contributed by atoms with Gasteiger partial charge in [-0.3, -0.25) is 0 Å². The van der Waals surface area contributed by atoms with Crippen LogP contribution in [0, 0.1) is 11.8 Å². The second kappa shape index (κ2) is 7.41. The first kappa shape index (κ1) is 16.5. The molecule has 1 saturated carbocycles. The highest BCUT2D eigenvalue weighted by molar-refractivity contribution is 7.89. The Balaban J connectivity index is 1.78. The van der Waals surface area contributed by atoms with Gasteiger partial charge in [-0.05, 0) is 35.9 Å². The minimum absolute atomic E-state index is 0.125. The molecule has 0 bridgehead atoms. The van der Waals surface area contributed by atoms with Crippen LogP contribution < -0.4 is 5.32 Å². The van der Waals surface area contributed by atoms with E-state index in [1.54, 1.807) is 0 Å². The third-order valence-corrected chi connectivity index (χ3v) is 5.33. The third kappa shape index (κ3) is 5.79. The Bertz CT molecular complexity index is 536. The molecule has 1 fully saturated rings. The number of sulfone groups is 1. The van der Waals surface area contributed by atoms with Crippen molar-refractivity contribution >= 4 is 9.84 Å². The zero-order valence-electron chi connectivity index (χ0n) is 13.1. The van der Waals surface area contributed by atoms with E-state index in [1.807, 2.05) is 24.3 Å². The van der Waals surface area contributed by atoms with Gasteiger partial charge >= 0.3 is 0 Å². The Morgan fingerprint density at radius 1 is 1.10 bits per heavy atom. The second-order valence-electron chi connectivity index (χ2n) is 6.54. The van der Waals surface area contributed by atoms with E-state index < -0.39 is 9.84 Å². The van der Waals surface area contributed by atoms with Gasteiger partial charge in [0.15, 0.2) is 9.84 Å². The largest absolute Gasteiger partial charge is 0.312 e. The van der Waals surface area contributed by atoms with Crippen LogP contribution in [0.15, 0.2) is 24.3 Å². The van der Waals surface area contributed by atoms with Crippen LogP contribution in [0.25, 0.3) is 0 Å². The maximum atomic E-state index is 11.3. The molecule has 3 nitrogen and oxygen atoms in total. The summed E-state index contributed by atoms with van der Waals surface area (Å²) < 4.78 is 22.5. The minimum atomic E-state index is -2.94. The Labute approximate surface area is 129 Å². The van der Waals surface area contributed by atoms with E-state index in [0.717, 1.165) is 30.5 Å². The number of rotatable bonds is 6. The van der Waals surface area contributed by atoms with Crippen molar-refractivity contribution < 1.29 is 8.42 Å². The van der Waals surface area contributed by atoms with Crippen LogP contribution >= 0.6 is 0 Å². The SMILES string of the molecule is C[C@@H]1CCCC[C@H]1CNCc1ccc(CS(C)(=O)=O)cc1. The van der Waals surface area contributed by atoms with Gasteiger partial charge in [-0.15, -0.1) is 0 Å².